The maximum atomic E-state index is 13.5. The molecular weight excluding hydrogens is 522 g/mol. The van der Waals surface area contributed by atoms with Gasteiger partial charge in [-0.3, -0.25) is 19.7 Å². The molecule has 0 heterocycles. The zero-order valence-corrected chi connectivity index (χ0v) is 22.4. The van der Waals surface area contributed by atoms with E-state index in [2.05, 4.69) is 10.6 Å². The lowest BCUT2D eigenvalue weighted by molar-refractivity contribution is -0.467. The molecule has 0 aliphatic carbocycles. The summed E-state index contributed by atoms with van der Waals surface area (Å²) in [6, 6.07) is 29.7. The van der Waals surface area contributed by atoms with Crippen molar-refractivity contribution in [3.63, 3.8) is 0 Å². The van der Waals surface area contributed by atoms with Crippen LogP contribution in [0.5, 0.6) is 0 Å². The van der Waals surface area contributed by atoms with Crippen LogP contribution < -0.4 is 10.6 Å². The zero-order valence-electron chi connectivity index (χ0n) is 22.4. The second-order valence-corrected chi connectivity index (χ2v) is 9.69. The van der Waals surface area contributed by atoms with Crippen LogP contribution in [0.15, 0.2) is 103 Å². The summed E-state index contributed by atoms with van der Waals surface area (Å²) in [5, 5.41) is 18.4. The van der Waals surface area contributed by atoms with Crippen LogP contribution in [0, 0.1) is 10.1 Å². The summed E-state index contributed by atoms with van der Waals surface area (Å²) in [6.07, 6.45) is -0.0839. The number of hydrogen-bond donors (Lipinski definition) is 2. The smallest absolute Gasteiger partial charge is 0.408 e. The molecule has 2 N–H and O–H groups in total. The van der Waals surface area contributed by atoms with Crippen molar-refractivity contribution in [2.75, 3.05) is 6.54 Å². The van der Waals surface area contributed by atoms with Crippen molar-refractivity contribution in [1.29, 1.82) is 0 Å². The first-order chi connectivity index (χ1) is 19.9. The molecule has 4 rings (SSSR count). The summed E-state index contributed by atoms with van der Waals surface area (Å²) in [6.45, 7) is -0.903. The Kier molecular flexibility index (Phi) is 10.1. The number of aryl methyl sites for hydroxylation is 1. The van der Waals surface area contributed by atoms with Gasteiger partial charge in [0.05, 0.1) is 6.04 Å². The molecule has 9 nitrogen and oxygen atoms in total. The van der Waals surface area contributed by atoms with Gasteiger partial charge in [0.2, 0.25) is 11.7 Å². The molecule has 41 heavy (non-hydrogen) atoms. The first kappa shape index (κ1) is 28.9. The molecule has 2 atom stereocenters. The maximum Gasteiger partial charge on any atom is 0.408 e. The summed E-state index contributed by atoms with van der Waals surface area (Å²) in [5.74, 6) is -1.35. The third kappa shape index (κ3) is 8.99. The highest BCUT2D eigenvalue weighted by atomic mass is 16.6. The number of Topliss-reactive ketones (excluding diaryl/α,β-unsaturated/α-hetero) is 1. The van der Waals surface area contributed by atoms with Crippen molar-refractivity contribution in [2.24, 2.45) is 0 Å². The van der Waals surface area contributed by atoms with Crippen molar-refractivity contribution in [1.82, 2.24) is 10.6 Å². The van der Waals surface area contributed by atoms with E-state index in [0.717, 1.165) is 27.5 Å². The average molecular weight is 554 g/mol. The largest absolute Gasteiger partial charge is 0.445 e. The minimum absolute atomic E-state index is 0.0119. The van der Waals surface area contributed by atoms with Crippen LogP contribution in [0.2, 0.25) is 0 Å². The third-order valence-electron chi connectivity index (χ3n) is 6.63. The molecule has 0 saturated heterocycles. The van der Waals surface area contributed by atoms with Gasteiger partial charge >= 0.3 is 6.09 Å². The predicted octanol–water partition coefficient (Wildman–Crippen LogP) is 4.64. The van der Waals surface area contributed by atoms with Crippen molar-refractivity contribution in [3.05, 3.63) is 130 Å². The van der Waals surface area contributed by atoms with Gasteiger partial charge in [-0.1, -0.05) is 103 Å². The standard InChI is InChI=1S/C32H31N3O6/c36-30(21-35(39)40)28(18-16-23-9-3-1-4-10-23)33-31(37)29(34-32(38)41-22-24-11-5-2-6-12-24)20-25-15-17-26-13-7-8-14-27(26)19-25/h1-15,17,19,28-29H,16,18,20-22H2,(H,33,37)(H,34,38)/t28-,29-/m0/s1. The lowest BCUT2D eigenvalue weighted by Gasteiger charge is -2.22. The molecule has 0 radical (unpaired) electrons. The first-order valence-electron chi connectivity index (χ1n) is 13.3. The van der Waals surface area contributed by atoms with E-state index < -0.39 is 41.3 Å². The number of carbonyl (C=O) groups excluding carboxylic acids is 3. The van der Waals surface area contributed by atoms with E-state index in [1.807, 2.05) is 103 Å². The van der Waals surface area contributed by atoms with E-state index in [1.54, 1.807) is 0 Å². The lowest BCUT2D eigenvalue weighted by atomic mass is 9.99. The van der Waals surface area contributed by atoms with Gasteiger partial charge in [0.15, 0.2) is 0 Å². The highest BCUT2D eigenvalue weighted by Gasteiger charge is 2.29. The average Bonchev–Trinajstić information content (AvgIpc) is 2.98. The number of nitrogens with one attached hydrogen (secondary N) is 2. The van der Waals surface area contributed by atoms with Crippen LogP contribution >= 0.6 is 0 Å². The van der Waals surface area contributed by atoms with Crippen LogP contribution in [0.3, 0.4) is 0 Å². The number of carbonyl (C=O) groups is 3. The summed E-state index contributed by atoms with van der Waals surface area (Å²) in [4.78, 5) is 49.4. The number of alkyl carbamates (subject to hydrolysis) is 1. The van der Waals surface area contributed by atoms with Crippen molar-refractivity contribution >= 4 is 28.6 Å². The molecule has 0 unspecified atom stereocenters. The summed E-state index contributed by atoms with van der Waals surface area (Å²) >= 11 is 0. The molecule has 4 aromatic carbocycles. The predicted molar refractivity (Wildman–Crippen MR) is 155 cm³/mol. The van der Waals surface area contributed by atoms with Crippen LogP contribution in [0.1, 0.15) is 23.1 Å². The Bertz CT molecular complexity index is 1490. The van der Waals surface area contributed by atoms with Crippen molar-refractivity contribution < 1.29 is 24.0 Å². The van der Waals surface area contributed by atoms with Crippen LogP contribution in [0.25, 0.3) is 10.8 Å². The van der Waals surface area contributed by atoms with E-state index in [0.29, 0.717) is 6.42 Å². The highest BCUT2D eigenvalue weighted by molar-refractivity contribution is 5.93. The number of hydrogen-bond acceptors (Lipinski definition) is 6. The molecule has 9 heteroatoms. The SMILES string of the molecule is O=C(N[C@@H](Cc1ccc2ccccc2c1)C(=O)N[C@@H](CCc1ccccc1)C(=O)C[N+](=O)[O-])OCc1ccccc1. The molecule has 210 valence electrons. The van der Waals surface area contributed by atoms with Gasteiger partial charge in [0.1, 0.15) is 12.6 Å². The van der Waals surface area contributed by atoms with E-state index >= 15 is 0 Å². The molecule has 0 aliphatic heterocycles. The van der Waals surface area contributed by atoms with Gasteiger partial charge in [-0.05, 0) is 40.3 Å². The Morgan fingerprint density at radius 2 is 1.37 bits per heavy atom. The van der Waals surface area contributed by atoms with Crippen molar-refractivity contribution in [3.8, 4) is 0 Å². The van der Waals surface area contributed by atoms with E-state index in [-0.39, 0.29) is 19.4 Å². The minimum Gasteiger partial charge on any atom is -0.445 e. The number of nitro groups is 1. The van der Waals surface area contributed by atoms with E-state index in [4.69, 9.17) is 4.74 Å². The van der Waals surface area contributed by atoms with Crippen molar-refractivity contribution in [2.45, 2.75) is 38.0 Å². The van der Waals surface area contributed by atoms with E-state index in [1.165, 1.54) is 0 Å². The fourth-order valence-corrected chi connectivity index (χ4v) is 4.50. The number of nitrogens with zero attached hydrogens (tertiary/aromatic N) is 1. The first-order valence-corrected chi connectivity index (χ1v) is 13.3. The van der Waals surface area contributed by atoms with E-state index in [9.17, 15) is 24.5 Å². The van der Waals surface area contributed by atoms with Gasteiger partial charge in [-0.25, -0.2) is 4.79 Å². The number of benzene rings is 4. The maximum absolute atomic E-state index is 13.5. The summed E-state index contributed by atoms with van der Waals surface area (Å²) in [7, 11) is 0. The molecule has 4 aromatic rings. The second kappa shape index (κ2) is 14.4. The molecule has 0 spiro atoms. The van der Waals surface area contributed by atoms with Gasteiger partial charge in [-0.2, -0.15) is 0 Å². The molecule has 0 aromatic heterocycles. The molecule has 0 fully saturated rings. The monoisotopic (exact) mass is 553 g/mol. The Labute approximate surface area is 237 Å². The molecule has 2 amide bonds. The topological polar surface area (TPSA) is 128 Å². The number of rotatable bonds is 13. The number of ketones is 1. The third-order valence-corrected chi connectivity index (χ3v) is 6.63. The highest BCUT2D eigenvalue weighted by Crippen LogP contribution is 2.17. The molecule has 0 bridgehead atoms. The van der Waals surface area contributed by atoms with Gasteiger partial charge < -0.3 is 15.4 Å². The normalized spacial score (nSPS) is 12.2. The Morgan fingerprint density at radius 3 is 2.05 bits per heavy atom. The fraction of sp³-hybridized carbons (Fsp3) is 0.219. The number of fused-ring (bicyclic) bond motifs is 1. The number of ether oxygens (including phenoxy) is 1. The van der Waals surface area contributed by atoms with Gasteiger partial charge in [0, 0.05) is 11.3 Å². The fourth-order valence-electron chi connectivity index (χ4n) is 4.50. The molecule has 0 saturated carbocycles. The zero-order chi connectivity index (χ0) is 29.0. The van der Waals surface area contributed by atoms with Crippen LogP contribution in [-0.2, 0) is 33.8 Å². The summed E-state index contributed by atoms with van der Waals surface area (Å²) in [5.41, 5.74) is 2.49. The molecule has 0 aliphatic rings. The lowest BCUT2D eigenvalue weighted by Crippen LogP contribution is -2.53. The number of amides is 2. The quantitative estimate of drug-likeness (QED) is 0.183. The Morgan fingerprint density at radius 1 is 0.732 bits per heavy atom. The summed E-state index contributed by atoms with van der Waals surface area (Å²) < 4.78 is 5.34. The second-order valence-electron chi connectivity index (χ2n) is 9.69. The minimum atomic E-state index is -1.10. The van der Waals surface area contributed by atoms with Crippen LogP contribution in [0.4, 0.5) is 4.79 Å². The Hall–Kier alpha value is -5.05. The van der Waals surface area contributed by atoms with Gasteiger partial charge in [0.25, 0.3) is 6.54 Å². The van der Waals surface area contributed by atoms with Gasteiger partial charge in [-0.15, -0.1) is 0 Å². The Balaban J connectivity index is 1.51. The molecular formula is C32H31N3O6. The van der Waals surface area contributed by atoms with Crippen LogP contribution in [-0.4, -0.2) is 41.3 Å².